The van der Waals surface area contributed by atoms with Gasteiger partial charge in [0.05, 0.1) is 17.0 Å². The van der Waals surface area contributed by atoms with Gasteiger partial charge in [-0.3, -0.25) is 9.59 Å². The van der Waals surface area contributed by atoms with Crippen molar-refractivity contribution in [3.8, 4) is 23.1 Å². The van der Waals surface area contributed by atoms with Gasteiger partial charge in [0.1, 0.15) is 23.7 Å². The van der Waals surface area contributed by atoms with E-state index in [1.54, 1.807) is 23.7 Å². The summed E-state index contributed by atoms with van der Waals surface area (Å²) in [5.41, 5.74) is 7.15. The zero-order valence-electron chi connectivity index (χ0n) is 20.5. The summed E-state index contributed by atoms with van der Waals surface area (Å²) in [4.78, 5) is 36.6. The van der Waals surface area contributed by atoms with Gasteiger partial charge in [0.2, 0.25) is 0 Å². The monoisotopic (exact) mass is 534 g/mol. The fourth-order valence-electron chi connectivity index (χ4n) is 4.34. The molecule has 0 radical (unpaired) electrons. The maximum Gasteiger partial charge on any atom is 0.416 e. The number of benzene rings is 1. The molecule has 39 heavy (non-hydrogen) atoms. The van der Waals surface area contributed by atoms with Gasteiger partial charge in [0.15, 0.2) is 5.65 Å². The van der Waals surface area contributed by atoms with Crippen LogP contribution in [0.25, 0.3) is 22.3 Å². The standard InChI is InChI=1S/C26H21F3N8O2/c1-2-3-20(38)34-17-11-18(12-17)37-24-21(23(30)32-13-33-24)22(36-37)14-4-6-15(7-5-14)25(39)35-19-10-16(8-9-31-19)26(27,28)29/h4-10,13,17-18H,11-12H2,1H3,(H,34,38)(H2,30,32,33)(H,31,35,39)/t17-,18+. The van der Waals surface area contributed by atoms with E-state index in [1.807, 2.05) is 0 Å². The Balaban J connectivity index is 1.37. The van der Waals surface area contributed by atoms with Crippen molar-refractivity contribution in [1.29, 1.82) is 0 Å². The molecule has 0 spiro atoms. The van der Waals surface area contributed by atoms with Crippen LogP contribution in [-0.4, -0.2) is 42.6 Å². The summed E-state index contributed by atoms with van der Waals surface area (Å²) in [6.07, 6.45) is -0.948. The average Bonchev–Trinajstić information content (AvgIpc) is 3.26. The van der Waals surface area contributed by atoms with Crippen LogP contribution in [0.2, 0.25) is 0 Å². The number of halogens is 3. The molecule has 0 bridgehead atoms. The molecule has 1 fully saturated rings. The van der Waals surface area contributed by atoms with Gasteiger partial charge in [-0.1, -0.05) is 18.1 Å². The zero-order valence-corrected chi connectivity index (χ0v) is 20.5. The number of aromatic nitrogens is 5. The Hall–Kier alpha value is -4.99. The Morgan fingerprint density at radius 1 is 1.10 bits per heavy atom. The fourth-order valence-corrected chi connectivity index (χ4v) is 4.34. The second-order valence-corrected chi connectivity index (χ2v) is 8.88. The SMILES string of the molecule is CC#CC(=O)N[C@H]1C[C@@H](n2nc(-c3ccc(C(=O)Nc4cc(C(F)(F)F)ccn4)cc3)c3c(N)ncnc32)C1. The highest BCUT2D eigenvalue weighted by Gasteiger charge is 2.34. The van der Waals surface area contributed by atoms with E-state index in [0.717, 1.165) is 18.3 Å². The van der Waals surface area contributed by atoms with Gasteiger partial charge in [-0.05, 0) is 50.0 Å². The molecule has 3 heterocycles. The van der Waals surface area contributed by atoms with Crippen molar-refractivity contribution in [1.82, 2.24) is 30.0 Å². The molecule has 2 amide bonds. The lowest BCUT2D eigenvalue weighted by atomic mass is 9.87. The number of anilines is 2. The number of carbonyl (C=O) groups is 2. The van der Waals surface area contributed by atoms with E-state index in [2.05, 4.69) is 37.4 Å². The number of pyridine rings is 1. The average molecular weight is 535 g/mol. The summed E-state index contributed by atoms with van der Waals surface area (Å²) < 4.78 is 40.6. The molecule has 0 saturated heterocycles. The molecule has 1 aromatic carbocycles. The number of nitrogen functional groups attached to an aromatic ring is 1. The largest absolute Gasteiger partial charge is 0.416 e. The Labute approximate surface area is 219 Å². The molecule has 5 rings (SSSR count). The van der Waals surface area contributed by atoms with Gasteiger partial charge in [-0.2, -0.15) is 18.3 Å². The topological polar surface area (TPSA) is 141 Å². The number of hydrogen-bond donors (Lipinski definition) is 3. The Bertz CT molecular complexity index is 1630. The highest BCUT2D eigenvalue weighted by atomic mass is 19.4. The molecule has 3 aromatic heterocycles. The Morgan fingerprint density at radius 2 is 1.85 bits per heavy atom. The summed E-state index contributed by atoms with van der Waals surface area (Å²) >= 11 is 0. The quantitative estimate of drug-likeness (QED) is 0.333. The maximum atomic E-state index is 13.0. The molecule has 198 valence electrons. The predicted molar refractivity (Wildman–Crippen MR) is 136 cm³/mol. The van der Waals surface area contributed by atoms with Crippen LogP contribution in [0.3, 0.4) is 0 Å². The van der Waals surface area contributed by atoms with Crippen LogP contribution in [0.5, 0.6) is 0 Å². The number of nitrogens with one attached hydrogen (secondary N) is 2. The molecular weight excluding hydrogens is 513 g/mol. The highest BCUT2D eigenvalue weighted by Crippen LogP contribution is 2.38. The van der Waals surface area contributed by atoms with Crippen molar-refractivity contribution in [3.05, 3.63) is 60.0 Å². The van der Waals surface area contributed by atoms with Crippen molar-refractivity contribution < 1.29 is 22.8 Å². The van der Waals surface area contributed by atoms with Crippen LogP contribution in [0.15, 0.2) is 48.9 Å². The summed E-state index contributed by atoms with van der Waals surface area (Å²) in [6.45, 7) is 1.59. The summed E-state index contributed by atoms with van der Waals surface area (Å²) in [7, 11) is 0. The molecule has 4 N–H and O–H groups in total. The van der Waals surface area contributed by atoms with Gasteiger partial charge in [-0.15, -0.1) is 0 Å². The minimum absolute atomic E-state index is 0.0274. The van der Waals surface area contributed by atoms with E-state index in [0.29, 0.717) is 35.1 Å². The summed E-state index contributed by atoms with van der Waals surface area (Å²) in [5, 5.41) is 10.5. The van der Waals surface area contributed by atoms with Gasteiger partial charge < -0.3 is 16.4 Å². The molecule has 0 aliphatic heterocycles. The maximum absolute atomic E-state index is 13.0. The van der Waals surface area contributed by atoms with Crippen LogP contribution in [0, 0.1) is 11.8 Å². The minimum atomic E-state index is -4.56. The lowest BCUT2D eigenvalue weighted by molar-refractivity contribution is -0.137. The van der Waals surface area contributed by atoms with Crippen molar-refractivity contribution in [3.63, 3.8) is 0 Å². The molecule has 0 atom stereocenters. The Kier molecular flexibility index (Phi) is 6.61. The van der Waals surface area contributed by atoms with Gasteiger partial charge in [-0.25, -0.2) is 19.6 Å². The number of alkyl halides is 3. The smallest absolute Gasteiger partial charge is 0.383 e. The first-order chi connectivity index (χ1) is 18.6. The zero-order chi connectivity index (χ0) is 27.7. The fraction of sp³-hybridized carbons (Fsp3) is 0.231. The van der Waals surface area contributed by atoms with E-state index in [9.17, 15) is 22.8 Å². The normalized spacial score (nSPS) is 16.6. The lowest BCUT2D eigenvalue weighted by Gasteiger charge is -2.35. The molecule has 13 heteroatoms. The van der Waals surface area contributed by atoms with Gasteiger partial charge >= 0.3 is 6.18 Å². The van der Waals surface area contributed by atoms with Gasteiger partial charge in [0, 0.05) is 23.4 Å². The third kappa shape index (κ3) is 5.22. The predicted octanol–water partition coefficient (Wildman–Crippen LogP) is 3.58. The minimum Gasteiger partial charge on any atom is -0.383 e. The first-order valence-electron chi connectivity index (χ1n) is 11.8. The first kappa shape index (κ1) is 25.7. The molecule has 1 saturated carbocycles. The third-order valence-corrected chi connectivity index (χ3v) is 6.30. The summed E-state index contributed by atoms with van der Waals surface area (Å²) in [6, 6.07) is 7.88. The second-order valence-electron chi connectivity index (χ2n) is 8.88. The molecule has 1 aliphatic rings. The van der Waals surface area contributed by atoms with Crippen molar-refractivity contribution in [2.24, 2.45) is 0 Å². The van der Waals surface area contributed by atoms with Crippen LogP contribution in [0.1, 0.15) is 41.7 Å². The van der Waals surface area contributed by atoms with Crippen molar-refractivity contribution >= 4 is 34.5 Å². The van der Waals surface area contributed by atoms with Crippen LogP contribution in [-0.2, 0) is 11.0 Å². The molecule has 4 aromatic rings. The second kappa shape index (κ2) is 10.1. The van der Waals surface area contributed by atoms with Crippen molar-refractivity contribution in [2.45, 2.75) is 38.0 Å². The molecular formula is C26H21F3N8O2. The number of carbonyl (C=O) groups excluding carboxylic acids is 2. The number of nitrogens with zero attached hydrogens (tertiary/aromatic N) is 5. The lowest BCUT2D eigenvalue weighted by Crippen LogP contribution is -2.44. The van der Waals surface area contributed by atoms with E-state index >= 15 is 0 Å². The Morgan fingerprint density at radius 3 is 2.54 bits per heavy atom. The van der Waals surface area contributed by atoms with E-state index in [4.69, 9.17) is 10.8 Å². The summed E-state index contributed by atoms with van der Waals surface area (Å²) in [5.74, 6) is 4.10. The number of hydrogen-bond acceptors (Lipinski definition) is 7. The highest BCUT2D eigenvalue weighted by molar-refractivity contribution is 6.04. The number of nitrogens with two attached hydrogens (primary N) is 1. The molecule has 1 aliphatic carbocycles. The van der Waals surface area contributed by atoms with E-state index < -0.39 is 17.6 Å². The van der Waals surface area contributed by atoms with E-state index in [-0.39, 0.29) is 35.2 Å². The van der Waals surface area contributed by atoms with Crippen LogP contribution in [0.4, 0.5) is 24.8 Å². The number of amides is 2. The van der Waals surface area contributed by atoms with Crippen LogP contribution >= 0.6 is 0 Å². The number of rotatable bonds is 5. The van der Waals surface area contributed by atoms with Gasteiger partial charge in [0.25, 0.3) is 11.8 Å². The third-order valence-electron chi connectivity index (χ3n) is 6.30. The van der Waals surface area contributed by atoms with Crippen molar-refractivity contribution in [2.75, 3.05) is 11.1 Å². The molecule has 0 unspecified atom stereocenters. The van der Waals surface area contributed by atoms with Crippen LogP contribution < -0.4 is 16.4 Å². The first-order valence-corrected chi connectivity index (χ1v) is 11.8. The molecule has 10 nitrogen and oxygen atoms in total. The number of fused-ring (bicyclic) bond motifs is 1. The van der Waals surface area contributed by atoms with E-state index in [1.165, 1.54) is 18.5 Å².